The molecule has 10 nitrogen and oxygen atoms in total. The van der Waals surface area contributed by atoms with Crippen molar-refractivity contribution >= 4 is 39.0 Å². The van der Waals surface area contributed by atoms with Crippen LogP contribution in [-0.4, -0.2) is 86.2 Å². The lowest BCUT2D eigenvalue weighted by molar-refractivity contribution is -0.137. The Hall–Kier alpha value is -2.96. The summed E-state index contributed by atoms with van der Waals surface area (Å²) < 4.78 is 41.0. The number of fused-ring (bicyclic) bond motifs is 4. The first-order valence-corrected chi connectivity index (χ1v) is 20.1. The molecule has 4 aliphatic rings. The first kappa shape index (κ1) is 37.8. The average Bonchev–Trinajstić information content (AvgIpc) is 3.20. The summed E-state index contributed by atoms with van der Waals surface area (Å²) in [5.41, 5.74) is 1.58. The van der Waals surface area contributed by atoms with Gasteiger partial charge in [0.25, 0.3) is 5.91 Å². The van der Waals surface area contributed by atoms with E-state index in [2.05, 4.69) is 37.1 Å². The fourth-order valence-electron chi connectivity index (χ4n) is 7.62. The molecule has 12 heteroatoms. The highest BCUT2D eigenvalue weighted by atomic mass is 35.5. The zero-order valence-corrected chi connectivity index (χ0v) is 32.4. The van der Waals surface area contributed by atoms with Gasteiger partial charge in [-0.2, -0.15) is 0 Å². The number of benzene rings is 2. The zero-order chi connectivity index (χ0) is 36.6. The van der Waals surface area contributed by atoms with E-state index in [4.69, 9.17) is 25.8 Å². The molecule has 1 unspecified atom stereocenters. The third kappa shape index (κ3) is 8.18. The van der Waals surface area contributed by atoms with Crippen molar-refractivity contribution in [2.24, 2.45) is 22.1 Å². The van der Waals surface area contributed by atoms with Gasteiger partial charge in [0.2, 0.25) is 5.91 Å². The van der Waals surface area contributed by atoms with Gasteiger partial charge in [-0.25, -0.2) is 4.21 Å². The maximum Gasteiger partial charge on any atom is 0.287 e. The van der Waals surface area contributed by atoms with E-state index in [1.165, 1.54) is 11.1 Å². The molecule has 0 radical (unpaired) electrons. The van der Waals surface area contributed by atoms with E-state index < -0.39 is 33.2 Å². The third-order valence-corrected chi connectivity index (χ3v) is 12.9. The SMILES string of the molecule is CC(C)C(=O)NS1(=O)=NC(=O)C(C)(C)OC/C=C/[C@H](OCCN(C)C)[C@@H]2CC[C@H]2CN2C[C@@]3(CCCc4cc(Cl)ccc43)COc3ccc1cc32. The summed E-state index contributed by atoms with van der Waals surface area (Å²) >= 11 is 6.48. The molecule has 1 fully saturated rings. The van der Waals surface area contributed by atoms with E-state index >= 15 is 0 Å². The molecule has 51 heavy (non-hydrogen) atoms. The number of nitrogens with one attached hydrogen (secondary N) is 1. The second-order valence-corrected chi connectivity index (χ2v) is 18.0. The molecule has 1 spiro atoms. The molecule has 2 bridgehead atoms. The van der Waals surface area contributed by atoms with Gasteiger partial charge in [-0.3, -0.25) is 14.3 Å². The molecule has 2 heterocycles. The summed E-state index contributed by atoms with van der Waals surface area (Å²) in [5, 5.41) is 0.731. The molecule has 2 aliphatic carbocycles. The molecule has 2 aromatic rings. The van der Waals surface area contributed by atoms with Crippen LogP contribution < -0.4 is 14.4 Å². The standard InChI is InChI=1S/C39H53ClN4O6S/c1-26(2)36(45)41-51(47)30-13-16-35-33(22-30)44(24-39(25-49-35)17-7-9-27-21-29(40)12-15-32(27)39)23-28-11-14-31(28)34(48-20-18-43(5)6)10-8-19-50-38(3,4)37(46)42-51/h8,10,12-13,15-16,21-22,26,28,31,34H,7,9,11,14,17-20,23-25H2,1-6H3,(H,41,42,45,46,47)/b10-8+/t28-,31+,34-,39-,51?/m0/s1. The van der Waals surface area contributed by atoms with Gasteiger partial charge in [0.15, 0.2) is 9.92 Å². The van der Waals surface area contributed by atoms with Gasteiger partial charge in [-0.1, -0.05) is 43.7 Å². The molecular weight excluding hydrogens is 688 g/mol. The fraction of sp³-hybridized carbons (Fsp3) is 0.590. The molecule has 0 aromatic heterocycles. The molecule has 2 amide bonds. The molecule has 2 aliphatic heterocycles. The third-order valence-electron chi connectivity index (χ3n) is 10.9. The van der Waals surface area contributed by atoms with Gasteiger partial charge in [0, 0.05) is 36.0 Å². The van der Waals surface area contributed by atoms with E-state index in [1.807, 2.05) is 32.3 Å². The number of halogens is 1. The van der Waals surface area contributed by atoms with Crippen LogP contribution >= 0.6 is 11.6 Å². The number of likely N-dealkylation sites (N-methyl/N-ethyl adjacent to an activating group) is 1. The largest absolute Gasteiger partial charge is 0.490 e. The summed E-state index contributed by atoms with van der Waals surface area (Å²) in [6.45, 7) is 10.1. The summed E-state index contributed by atoms with van der Waals surface area (Å²) in [6.07, 6.45) is 8.87. The molecule has 0 saturated heterocycles. The molecule has 278 valence electrons. The monoisotopic (exact) mass is 740 g/mol. The fourth-order valence-corrected chi connectivity index (χ4v) is 9.57. The highest BCUT2D eigenvalue weighted by molar-refractivity contribution is 7.92. The number of nitrogens with zero attached hydrogens (tertiary/aromatic N) is 3. The lowest BCUT2D eigenvalue weighted by Gasteiger charge is -2.46. The smallest absolute Gasteiger partial charge is 0.287 e. The number of hydrogen-bond acceptors (Lipinski definition) is 8. The number of ether oxygens (including phenoxy) is 3. The van der Waals surface area contributed by atoms with Crippen molar-refractivity contribution in [3.8, 4) is 5.75 Å². The van der Waals surface area contributed by atoms with Crippen LogP contribution in [0.4, 0.5) is 5.69 Å². The van der Waals surface area contributed by atoms with E-state index in [0.29, 0.717) is 31.4 Å². The van der Waals surface area contributed by atoms with Crippen molar-refractivity contribution in [2.75, 3.05) is 58.5 Å². The minimum atomic E-state index is -3.76. The highest BCUT2D eigenvalue weighted by Crippen LogP contribution is 2.47. The Bertz CT molecular complexity index is 1790. The van der Waals surface area contributed by atoms with Crippen LogP contribution in [0.25, 0.3) is 0 Å². The quantitative estimate of drug-likeness (QED) is 0.350. The number of carbonyl (C=O) groups is 2. The van der Waals surface area contributed by atoms with Crippen molar-refractivity contribution in [1.82, 2.24) is 9.62 Å². The Morgan fingerprint density at radius 3 is 2.73 bits per heavy atom. The van der Waals surface area contributed by atoms with Gasteiger partial charge >= 0.3 is 0 Å². The summed E-state index contributed by atoms with van der Waals surface area (Å²) in [5.74, 6) is -0.411. The van der Waals surface area contributed by atoms with Crippen LogP contribution in [0.5, 0.6) is 5.75 Å². The number of carbonyl (C=O) groups excluding carboxylic acids is 2. The molecule has 1 saturated carbocycles. The number of amides is 2. The van der Waals surface area contributed by atoms with Crippen molar-refractivity contribution in [3.05, 3.63) is 64.7 Å². The number of hydrogen-bond donors (Lipinski definition) is 1. The lowest BCUT2D eigenvalue weighted by atomic mass is 9.68. The predicted molar refractivity (Wildman–Crippen MR) is 201 cm³/mol. The second-order valence-electron chi connectivity index (χ2n) is 15.7. The highest BCUT2D eigenvalue weighted by Gasteiger charge is 2.45. The topological polar surface area (TPSA) is 110 Å². The maximum atomic E-state index is 14.9. The average molecular weight is 741 g/mol. The summed E-state index contributed by atoms with van der Waals surface area (Å²) in [4.78, 5) is 31.6. The molecule has 2 aromatic carbocycles. The minimum Gasteiger partial charge on any atom is -0.490 e. The van der Waals surface area contributed by atoms with Crippen molar-refractivity contribution < 1.29 is 28.0 Å². The second kappa shape index (κ2) is 15.2. The van der Waals surface area contributed by atoms with Crippen molar-refractivity contribution in [2.45, 2.75) is 81.8 Å². The lowest BCUT2D eigenvalue weighted by Crippen LogP contribution is -2.49. The Balaban J connectivity index is 1.48. The van der Waals surface area contributed by atoms with Crippen LogP contribution in [0.15, 0.2) is 57.8 Å². The van der Waals surface area contributed by atoms with E-state index in [1.54, 1.807) is 39.8 Å². The molecular formula is C39H53ClN4O6S. The van der Waals surface area contributed by atoms with E-state index in [0.717, 1.165) is 55.9 Å². The molecule has 1 N–H and O–H groups in total. The van der Waals surface area contributed by atoms with Crippen LogP contribution in [-0.2, 0) is 40.8 Å². The Morgan fingerprint density at radius 2 is 2.00 bits per heavy atom. The van der Waals surface area contributed by atoms with E-state index in [9.17, 15) is 13.8 Å². The van der Waals surface area contributed by atoms with Crippen LogP contribution in [0.1, 0.15) is 64.5 Å². The molecule has 6 rings (SSSR count). The summed E-state index contributed by atoms with van der Waals surface area (Å²) in [7, 11) is 0.313. The zero-order valence-electron chi connectivity index (χ0n) is 30.8. The van der Waals surface area contributed by atoms with Crippen molar-refractivity contribution in [1.29, 1.82) is 0 Å². The number of rotatable bonds is 6. The van der Waals surface area contributed by atoms with Gasteiger partial charge in [0.1, 0.15) is 11.4 Å². The van der Waals surface area contributed by atoms with Gasteiger partial charge in [0.05, 0.1) is 36.5 Å². The summed E-state index contributed by atoms with van der Waals surface area (Å²) in [6, 6.07) is 11.5. The Morgan fingerprint density at radius 1 is 1.20 bits per heavy atom. The first-order chi connectivity index (χ1) is 24.2. The minimum absolute atomic E-state index is 0.116. The Kier molecular flexibility index (Phi) is 11.2. The van der Waals surface area contributed by atoms with Gasteiger partial charge in [-0.05, 0) is 113 Å². The number of aryl methyl sites for hydroxylation is 1. The van der Waals surface area contributed by atoms with Gasteiger partial charge in [-0.15, -0.1) is 4.36 Å². The first-order valence-electron chi connectivity index (χ1n) is 18.2. The van der Waals surface area contributed by atoms with Crippen LogP contribution in [0.3, 0.4) is 0 Å². The maximum absolute atomic E-state index is 14.9. The van der Waals surface area contributed by atoms with E-state index in [-0.39, 0.29) is 28.9 Å². The van der Waals surface area contributed by atoms with Crippen molar-refractivity contribution in [3.63, 3.8) is 0 Å². The normalized spacial score (nSPS) is 29.6. The Labute approximate surface area is 308 Å². The molecule has 5 atom stereocenters. The van der Waals surface area contributed by atoms with Crippen LogP contribution in [0, 0.1) is 17.8 Å². The van der Waals surface area contributed by atoms with Crippen LogP contribution in [0.2, 0.25) is 5.02 Å². The van der Waals surface area contributed by atoms with Gasteiger partial charge < -0.3 is 24.0 Å². The predicted octanol–water partition coefficient (Wildman–Crippen LogP) is 6.19. The number of anilines is 1.